The quantitative estimate of drug-likeness (QED) is 0.782. The zero-order valence-electron chi connectivity index (χ0n) is 11.9. The first-order valence-corrected chi connectivity index (χ1v) is 8.44. The second-order valence-corrected chi connectivity index (χ2v) is 7.70. The number of hydrogen-bond donors (Lipinski definition) is 0. The second-order valence-electron chi connectivity index (χ2n) is 5.00. The molecule has 0 saturated heterocycles. The Balaban J connectivity index is 2.20. The fraction of sp³-hybridized carbons (Fsp3) is 0.357. The molecule has 21 heavy (non-hydrogen) atoms. The first-order chi connectivity index (χ1) is 9.88. The number of amides is 1. The summed E-state index contributed by atoms with van der Waals surface area (Å²) in [5.41, 5.74) is 1.32. The SMILES string of the molecule is CC(C)c1ncc(Cl)c(C(=O)N(C)Cc2csc(Br)c2)n1. The molecule has 0 atom stereocenters. The molecule has 0 N–H and O–H groups in total. The van der Waals surface area contributed by atoms with E-state index >= 15 is 0 Å². The van der Waals surface area contributed by atoms with Gasteiger partial charge >= 0.3 is 0 Å². The van der Waals surface area contributed by atoms with E-state index in [4.69, 9.17) is 11.6 Å². The lowest BCUT2D eigenvalue weighted by molar-refractivity contribution is 0.0779. The molecule has 0 aliphatic carbocycles. The second kappa shape index (κ2) is 6.85. The molecule has 0 bridgehead atoms. The number of rotatable bonds is 4. The first kappa shape index (κ1) is 16.4. The third-order valence-electron chi connectivity index (χ3n) is 2.87. The smallest absolute Gasteiger partial charge is 0.274 e. The number of carbonyl (C=O) groups excluding carboxylic acids is 1. The highest BCUT2D eigenvalue weighted by atomic mass is 79.9. The molecule has 2 rings (SSSR count). The van der Waals surface area contributed by atoms with Crippen LogP contribution in [0.3, 0.4) is 0 Å². The molecule has 112 valence electrons. The highest BCUT2D eigenvalue weighted by Crippen LogP contribution is 2.23. The molecule has 2 aromatic rings. The number of nitrogens with zero attached hydrogens (tertiary/aromatic N) is 3. The van der Waals surface area contributed by atoms with Crippen LogP contribution in [0, 0.1) is 0 Å². The summed E-state index contributed by atoms with van der Waals surface area (Å²) in [7, 11) is 1.74. The number of halogens is 2. The Bertz CT molecular complexity index is 659. The van der Waals surface area contributed by atoms with E-state index < -0.39 is 0 Å². The Kier molecular flexibility index (Phi) is 5.35. The Morgan fingerprint density at radius 2 is 2.24 bits per heavy atom. The molecular formula is C14H15BrClN3OS. The van der Waals surface area contributed by atoms with Gasteiger partial charge in [-0.3, -0.25) is 4.79 Å². The summed E-state index contributed by atoms with van der Waals surface area (Å²) in [6, 6.07) is 2.00. The van der Waals surface area contributed by atoms with Crippen LogP contribution in [-0.4, -0.2) is 27.8 Å². The molecular weight excluding hydrogens is 374 g/mol. The molecule has 0 aromatic carbocycles. The minimum Gasteiger partial charge on any atom is -0.336 e. The molecule has 0 aliphatic rings. The van der Waals surface area contributed by atoms with E-state index in [1.807, 2.05) is 25.3 Å². The van der Waals surface area contributed by atoms with Crippen LogP contribution in [0.2, 0.25) is 5.02 Å². The van der Waals surface area contributed by atoms with Crippen molar-refractivity contribution in [1.29, 1.82) is 0 Å². The molecule has 4 nitrogen and oxygen atoms in total. The van der Waals surface area contributed by atoms with Crippen LogP contribution < -0.4 is 0 Å². The van der Waals surface area contributed by atoms with Crippen molar-refractivity contribution in [2.24, 2.45) is 0 Å². The van der Waals surface area contributed by atoms with E-state index in [0.717, 1.165) is 9.35 Å². The molecule has 0 fully saturated rings. The lowest BCUT2D eigenvalue weighted by Crippen LogP contribution is -2.27. The Hall–Kier alpha value is -0.980. The highest BCUT2D eigenvalue weighted by molar-refractivity contribution is 9.11. The summed E-state index contributed by atoms with van der Waals surface area (Å²) in [5.74, 6) is 0.563. The molecule has 2 aromatic heterocycles. The molecule has 2 heterocycles. The number of hydrogen-bond acceptors (Lipinski definition) is 4. The van der Waals surface area contributed by atoms with Crippen molar-refractivity contribution in [2.45, 2.75) is 26.3 Å². The largest absolute Gasteiger partial charge is 0.336 e. The van der Waals surface area contributed by atoms with Crippen LogP contribution in [0.25, 0.3) is 0 Å². The van der Waals surface area contributed by atoms with Crippen LogP contribution in [0.15, 0.2) is 21.4 Å². The monoisotopic (exact) mass is 387 g/mol. The predicted octanol–water partition coefficient (Wildman–Crippen LogP) is 4.35. The predicted molar refractivity (Wildman–Crippen MR) is 88.9 cm³/mol. The van der Waals surface area contributed by atoms with Crippen molar-refractivity contribution in [3.8, 4) is 0 Å². The summed E-state index contributed by atoms with van der Waals surface area (Å²) in [5, 5.41) is 2.29. The zero-order valence-corrected chi connectivity index (χ0v) is 15.1. The minimum atomic E-state index is -0.202. The van der Waals surface area contributed by atoms with Gasteiger partial charge in [0.1, 0.15) is 5.82 Å². The summed E-state index contributed by atoms with van der Waals surface area (Å²) in [6.45, 7) is 4.46. The van der Waals surface area contributed by atoms with Crippen molar-refractivity contribution in [2.75, 3.05) is 7.05 Å². The van der Waals surface area contributed by atoms with Crippen molar-refractivity contribution < 1.29 is 4.79 Å². The number of carbonyl (C=O) groups is 1. The first-order valence-electron chi connectivity index (χ1n) is 6.39. The lowest BCUT2D eigenvalue weighted by atomic mass is 10.2. The van der Waals surface area contributed by atoms with E-state index in [0.29, 0.717) is 12.4 Å². The summed E-state index contributed by atoms with van der Waals surface area (Å²) in [4.78, 5) is 22.5. The van der Waals surface area contributed by atoms with Gasteiger partial charge in [0.2, 0.25) is 0 Å². The average molecular weight is 389 g/mol. The Morgan fingerprint density at radius 1 is 1.52 bits per heavy atom. The average Bonchev–Trinajstić information content (AvgIpc) is 2.83. The van der Waals surface area contributed by atoms with Crippen molar-refractivity contribution in [3.63, 3.8) is 0 Å². The number of thiophene rings is 1. The van der Waals surface area contributed by atoms with Gasteiger partial charge in [-0.05, 0) is 32.9 Å². The third kappa shape index (κ3) is 4.02. The fourth-order valence-electron chi connectivity index (χ4n) is 1.76. The van der Waals surface area contributed by atoms with Gasteiger partial charge in [-0.15, -0.1) is 11.3 Å². The third-order valence-corrected chi connectivity index (χ3v) is 4.70. The lowest BCUT2D eigenvalue weighted by Gasteiger charge is -2.17. The standard InChI is InChI=1S/C14H15BrClN3OS/c1-8(2)13-17-5-10(16)12(18-13)14(20)19(3)6-9-4-11(15)21-7-9/h4-5,7-8H,6H2,1-3H3. The summed E-state index contributed by atoms with van der Waals surface area (Å²) in [6.07, 6.45) is 1.49. The topological polar surface area (TPSA) is 46.1 Å². The van der Waals surface area contributed by atoms with Gasteiger partial charge in [0.25, 0.3) is 5.91 Å². The maximum Gasteiger partial charge on any atom is 0.274 e. The molecule has 0 saturated carbocycles. The van der Waals surface area contributed by atoms with Crippen LogP contribution in [0.4, 0.5) is 0 Å². The van der Waals surface area contributed by atoms with Crippen LogP contribution >= 0.6 is 38.9 Å². The molecule has 1 amide bonds. The Morgan fingerprint density at radius 3 is 2.81 bits per heavy atom. The van der Waals surface area contributed by atoms with Gasteiger partial charge in [-0.25, -0.2) is 9.97 Å². The zero-order chi connectivity index (χ0) is 15.6. The molecule has 0 unspecified atom stereocenters. The van der Waals surface area contributed by atoms with E-state index in [-0.39, 0.29) is 22.5 Å². The summed E-state index contributed by atoms with van der Waals surface area (Å²) < 4.78 is 1.04. The fourth-order valence-corrected chi connectivity index (χ4v) is 3.14. The van der Waals surface area contributed by atoms with Crippen LogP contribution in [0.5, 0.6) is 0 Å². The van der Waals surface area contributed by atoms with E-state index in [2.05, 4.69) is 25.9 Å². The number of aromatic nitrogens is 2. The van der Waals surface area contributed by atoms with E-state index in [1.54, 1.807) is 23.3 Å². The van der Waals surface area contributed by atoms with Crippen molar-refractivity contribution in [1.82, 2.24) is 14.9 Å². The summed E-state index contributed by atoms with van der Waals surface area (Å²) >= 11 is 11.1. The van der Waals surface area contributed by atoms with Crippen LogP contribution in [0.1, 0.15) is 41.6 Å². The Labute approximate surface area is 141 Å². The van der Waals surface area contributed by atoms with Gasteiger partial charge in [0.15, 0.2) is 5.69 Å². The molecule has 0 spiro atoms. The van der Waals surface area contributed by atoms with Gasteiger partial charge in [0, 0.05) is 19.5 Å². The molecule has 7 heteroatoms. The van der Waals surface area contributed by atoms with Crippen molar-refractivity contribution in [3.05, 3.63) is 43.5 Å². The molecule has 0 aliphatic heterocycles. The maximum absolute atomic E-state index is 12.5. The normalized spacial score (nSPS) is 11.0. The van der Waals surface area contributed by atoms with E-state index in [1.165, 1.54) is 6.20 Å². The molecule has 0 radical (unpaired) electrons. The van der Waals surface area contributed by atoms with Crippen LogP contribution in [-0.2, 0) is 6.54 Å². The van der Waals surface area contributed by atoms with Gasteiger partial charge < -0.3 is 4.90 Å². The minimum absolute atomic E-state index is 0.145. The van der Waals surface area contributed by atoms with Gasteiger partial charge in [0.05, 0.1) is 15.0 Å². The van der Waals surface area contributed by atoms with Gasteiger partial charge in [-0.1, -0.05) is 25.4 Å². The van der Waals surface area contributed by atoms with E-state index in [9.17, 15) is 4.79 Å². The maximum atomic E-state index is 12.5. The highest BCUT2D eigenvalue weighted by Gasteiger charge is 2.19. The van der Waals surface area contributed by atoms with Gasteiger partial charge in [-0.2, -0.15) is 0 Å². The van der Waals surface area contributed by atoms with Crippen molar-refractivity contribution >= 4 is 44.8 Å².